The fourth-order valence-electron chi connectivity index (χ4n) is 2.01. The normalized spacial score (nSPS) is 12.7. The van der Waals surface area contributed by atoms with E-state index in [1.807, 2.05) is 0 Å². The second-order valence-electron chi connectivity index (χ2n) is 5.63. The Kier molecular flexibility index (Phi) is 80.4. The van der Waals surface area contributed by atoms with Crippen LogP contribution in [-0.2, 0) is 37.9 Å². The Morgan fingerprint density at radius 1 is 0.548 bits per heavy atom. The van der Waals surface area contributed by atoms with Crippen LogP contribution in [0.25, 0.3) is 0 Å². The average Bonchev–Trinajstić information content (AvgIpc) is 2.52. The number of hydrogen-bond acceptors (Lipinski definition) is 17. The second-order valence-corrected chi connectivity index (χ2v) is 9.01. The fourth-order valence-corrected chi connectivity index (χ4v) is 3.64. The molecule has 0 amide bonds. The molecular formula is C12H10Na10O18P2. The number of carbonyl (C=O) groups excluding carboxylic acids is 6. The van der Waals surface area contributed by atoms with Crippen molar-refractivity contribution in [1.82, 2.24) is 0 Å². The van der Waals surface area contributed by atoms with Gasteiger partial charge in [0.05, 0.1) is 17.6 Å². The monoisotopic (exact) mass is 734 g/mol. The minimum absolute atomic E-state index is 0. The summed E-state index contributed by atoms with van der Waals surface area (Å²) in [4.78, 5) is 102. The van der Waals surface area contributed by atoms with E-state index in [1.54, 1.807) is 0 Å². The Balaban J connectivity index is -0.0000000322. The predicted molar refractivity (Wildman–Crippen MR) is 72.4 cm³/mol. The maximum absolute atomic E-state index is 10.7. The first-order valence-electron chi connectivity index (χ1n) is 7.42. The fraction of sp³-hybridized carbons (Fsp3) is 0.500. The summed E-state index contributed by atoms with van der Waals surface area (Å²) in [6.45, 7) is 0. The molecule has 0 aliphatic rings. The van der Waals surface area contributed by atoms with Gasteiger partial charge >= 0.3 is 296 Å². The third-order valence-electron chi connectivity index (χ3n) is 3.34. The van der Waals surface area contributed by atoms with Gasteiger partial charge in [0.25, 0.3) is 0 Å². The molecule has 0 aromatic rings. The quantitative estimate of drug-likeness (QED) is 0.144. The molecular weight excluding hydrogens is 724 g/mol. The molecule has 0 aliphatic heterocycles. The third-order valence-corrected chi connectivity index (χ3v) is 5.74. The van der Waals surface area contributed by atoms with Crippen molar-refractivity contribution in [2.75, 3.05) is 0 Å². The van der Waals surface area contributed by atoms with Crippen molar-refractivity contribution in [1.29, 1.82) is 0 Å². The Hall–Kier alpha value is 7.12. The summed E-state index contributed by atoms with van der Waals surface area (Å²) in [5, 5.41) is 61.9. The van der Waals surface area contributed by atoms with E-state index in [4.69, 9.17) is 4.89 Å². The molecule has 42 heavy (non-hydrogen) atoms. The maximum atomic E-state index is 10.7. The molecule has 30 heteroatoms. The maximum Gasteiger partial charge on any atom is 1.00 e. The minimum Gasteiger partial charge on any atom is -1.00 e. The van der Waals surface area contributed by atoms with Gasteiger partial charge in [0.1, 0.15) is 7.60 Å². The molecule has 0 radical (unpaired) electrons. The van der Waals surface area contributed by atoms with Crippen molar-refractivity contribution in [3.05, 3.63) is 0 Å². The van der Waals surface area contributed by atoms with Gasteiger partial charge in [-0.15, -0.1) is 0 Å². The molecule has 0 saturated heterocycles. The molecule has 0 heterocycles. The van der Waals surface area contributed by atoms with E-state index >= 15 is 0 Å². The summed E-state index contributed by atoms with van der Waals surface area (Å²) in [6, 6.07) is 0. The summed E-state index contributed by atoms with van der Waals surface area (Å²) in [7, 11) is -11.4. The first kappa shape index (κ1) is 82.5. The zero-order valence-corrected chi connectivity index (χ0v) is 46.8. The molecule has 1 N–H and O–H groups in total. The van der Waals surface area contributed by atoms with Crippen molar-refractivity contribution in [3.63, 3.8) is 0 Å². The summed E-state index contributed by atoms with van der Waals surface area (Å²) in [6.07, 6.45) is -2.91. The largest absolute Gasteiger partial charge is 1.00 e. The van der Waals surface area contributed by atoms with Crippen LogP contribution in [-0.4, -0.2) is 52.0 Å². The molecule has 5 atom stereocenters. The minimum atomic E-state index is -6.17. The van der Waals surface area contributed by atoms with E-state index < -0.39 is 87.0 Å². The van der Waals surface area contributed by atoms with E-state index in [0.717, 1.165) is 0 Å². The van der Waals surface area contributed by atoms with Crippen LogP contribution in [0.3, 0.4) is 0 Å². The van der Waals surface area contributed by atoms with Crippen LogP contribution in [0.15, 0.2) is 0 Å². The second kappa shape index (κ2) is 40.9. The predicted octanol–water partition coefficient (Wildman–Crippen LogP) is -42.2. The number of aliphatic carboxylic acids is 6. The Labute approximate surface area is 461 Å². The summed E-state index contributed by atoms with van der Waals surface area (Å²) in [5.41, 5.74) is -5.77. The zero-order chi connectivity index (χ0) is 26.2. The van der Waals surface area contributed by atoms with Gasteiger partial charge < -0.3 is 89.5 Å². The summed E-state index contributed by atoms with van der Waals surface area (Å²) in [5.74, 6) is -19.5. The summed E-state index contributed by atoms with van der Waals surface area (Å²) >= 11 is 0. The van der Waals surface area contributed by atoms with Crippen molar-refractivity contribution >= 4 is 51.0 Å². The molecule has 18 nitrogen and oxygen atoms in total. The average molecular weight is 734 g/mol. The standard InChI is InChI=1S/C8H11O11P.C4H7O7P.10Na.H/c9-3(10)1-2(6(11)12)4(7(13)14)5(8(15)16)20(17,18)19;5-3(6)1-2(4(7)8)12(9,10)11;;;;;;;;;;;/h2,4-5H,1H2,(H,9,10)(H,11,12)(H,13,14)(H,15,16)(H2,17,18,19);2H,1H2,(H,5,6)(H,7,8)(H2,9,10,11);;;;;;;;;;;/q;;10*+1;-1/p-9. The molecule has 0 bridgehead atoms. The van der Waals surface area contributed by atoms with Crippen molar-refractivity contribution < 1.29 is 385 Å². The van der Waals surface area contributed by atoms with Gasteiger partial charge in [-0.25, -0.2) is 0 Å². The van der Waals surface area contributed by atoms with Crippen LogP contribution in [0, 0.1) is 11.8 Å². The van der Waals surface area contributed by atoms with Crippen molar-refractivity contribution in [3.8, 4) is 0 Å². The Bertz CT molecular complexity index is 890. The molecule has 186 valence electrons. The van der Waals surface area contributed by atoms with Crippen molar-refractivity contribution in [2.45, 2.75) is 24.2 Å². The van der Waals surface area contributed by atoms with Gasteiger partial charge in [0, 0.05) is 47.8 Å². The number of carboxylic acids is 6. The number of hydrogen-bond donors (Lipinski definition) is 1. The van der Waals surface area contributed by atoms with Gasteiger partial charge in [-0.2, -0.15) is 0 Å². The van der Waals surface area contributed by atoms with E-state index in [1.165, 1.54) is 0 Å². The topological polar surface area (TPSA) is 364 Å². The number of rotatable bonds is 12. The van der Waals surface area contributed by atoms with Crippen LogP contribution in [0.4, 0.5) is 0 Å². The molecule has 5 unspecified atom stereocenters. The Morgan fingerprint density at radius 2 is 0.857 bits per heavy atom. The SMILES string of the molecule is O=C([O-])CC(C(=O)[O-])C(C(=O)[O-])C(C(=O)[O-])P(=O)([O-])[O-].O=C([O-])CC(C(=O)[O-])P(=O)([O-])O.[H-].[Na+].[Na+].[Na+].[Na+].[Na+].[Na+].[Na+].[Na+].[Na+].[Na+]. The van der Waals surface area contributed by atoms with Crippen molar-refractivity contribution in [2.24, 2.45) is 11.8 Å². The molecule has 0 saturated carbocycles. The molecule has 0 fully saturated rings. The van der Waals surface area contributed by atoms with Crippen LogP contribution >= 0.6 is 15.2 Å². The number of carboxylic acid groups (broad SMARTS) is 6. The number of carbonyl (C=O) groups is 6. The van der Waals surface area contributed by atoms with Gasteiger partial charge in [-0.05, 0) is 6.42 Å². The Morgan fingerprint density at radius 3 is 0.976 bits per heavy atom. The smallest absolute Gasteiger partial charge is 1.00 e. The van der Waals surface area contributed by atoms with Crippen LogP contribution in [0.5, 0.6) is 0 Å². The van der Waals surface area contributed by atoms with E-state index in [2.05, 4.69) is 0 Å². The van der Waals surface area contributed by atoms with E-state index in [0.29, 0.717) is 0 Å². The molecule has 0 aromatic heterocycles. The van der Waals surface area contributed by atoms with Gasteiger partial charge in [-0.3, -0.25) is 0 Å². The zero-order valence-electron chi connectivity index (χ0n) is 26.0. The first-order chi connectivity index (χ1) is 14.1. The van der Waals surface area contributed by atoms with Gasteiger partial charge in [0.2, 0.25) is 0 Å². The van der Waals surface area contributed by atoms with Crippen LogP contribution < -0.4 is 341 Å². The van der Waals surface area contributed by atoms with E-state index in [9.17, 15) is 83.2 Å². The van der Waals surface area contributed by atoms with E-state index in [-0.39, 0.29) is 297 Å². The summed E-state index contributed by atoms with van der Waals surface area (Å²) < 4.78 is 20.9. The molecule has 0 aromatic carbocycles. The first-order valence-corrected chi connectivity index (χ1v) is 10.7. The van der Waals surface area contributed by atoms with Crippen LogP contribution in [0.1, 0.15) is 14.3 Å². The third kappa shape index (κ3) is 38.4. The molecule has 0 spiro atoms. The van der Waals surface area contributed by atoms with Crippen LogP contribution in [0.2, 0.25) is 0 Å². The van der Waals surface area contributed by atoms with Gasteiger partial charge in [-0.1, -0.05) is 7.60 Å². The molecule has 0 rings (SSSR count). The van der Waals surface area contributed by atoms with Gasteiger partial charge in [0.15, 0.2) is 0 Å². The molecule has 0 aliphatic carbocycles.